The van der Waals surface area contributed by atoms with Gasteiger partial charge in [-0.1, -0.05) is 30.4 Å². The Labute approximate surface area is 136 Å². The molecule has 0 saturated carbocycles. The highest BCUT2D eigenvalue weighted by Crippen LogP contribution is 2.22. The van der Waals surface area contributed by atoms with Crippen molar-refractivity contribution in [2.45, 2.75) is 18.5 Å². The van der Waals surface area contributed by atoms with E-state index in [1.165, 1.54) is 34.2 Å². The van der Waals surface area contributed by atoms with Crippen molar-refractivity contribution in [3.05, 3.63) is 41.8 Å². The molecule has 10 heteroatoms. The fraction of sp³-hybridized carbons (Fsp3) is 0.231. The van der Waals surface area contributed by atoms with E-state index in [1.807, 2.05) is 0 Å². The van der Waals surface area contributed by atoms with Gasteiger partial charge in [-0.05, 0) is 17.7 Å². The van der Waals surface area contributed by atoms with Crippen LogP contribution >= 0.6 is 11.3 Å². The van der Waals surface area contributed by atoms with Crippen molar-refractivity contribution in [1.82, 2.24) is 19.3 Å². The molecule has 0 spiro atoms. The lowest BCUT2D eigenvalue weighted by atomic mass is 10.2. The molecule has 122 valence electrons. The molecule has 2 aromatic heterocycles. The molecule has 2 heterocycles. The molecule has 0 aliphatic heterocycles. The summed E-state index contributed by atoms with van der Waals surface area (Å²) >= 11 is 1.24. The number of hydrogen-bond acceptors (Lipinski definition) is 6. The summed E-state index contributed by atoms with van der Waals surface area (Å²) in [4.78, 5) is 4.54. The van der Waals surface area contributed by atoms with E-state index in [4.69, 9.17) is 0 Å². The van der Waals surface area contributed by atoms with Crippen molar-refractivity contribution in [3.63, 3.8) is 0 Å². The minimum atomic E-state index is -3.63. The molecule has 0 bridgehead atoms. The quantitative estimate of drug-likeness (QED) is 0.704. The number of halogens is 1. The van der Waals surface area contributed by atoms with Gasteiger partial charge < -0.3 is 5.32 Å². The third-order valence-corrected chi connectivity index (χ3v) is 5.40. The van der Waals surface area contributed by atoms with Gasteiger partial charge in [-0.15, -0.1) is 5.10 Å². The molecule has 3 aromatic rings. The Morgan fingerprint density at radius 1 is 1.30 bits per heavy atom. The average Bonchev–Trinajstić information content (AvgIpc) is 3.06. The summed E-state index contributed by atoms with van der Waals surface area (Å²) in [5.41, 5.74) is 0.889. The lowest BCUT2D eigenvalue weighted by molar-refractivity contribution is 0.576. The molecule has 23 heavy (non-hydrogen) atoms. The predicted octanol–water partition coefficient (Wildman–Crippen LogP) is 1.84. The molecule has 1 aromatic carbocycles. The number of sulfonamides is 1. The number of rotatable bonds is 6. The Bertz CT molecular complexity index is 918. The lowest BCUT2D eigenvalue weighted by Gasteiger charge is -2.03. The van der Waals surface area contributed by atoms with Gasteiger partial charge in [0.1, 0.15) is 5.82 Å². The van der Waals surface area contributed by atoms with Gasteiger partial charge in [0.2, 0.25) is 10.1 Å². The molecular formula is C13H14FN5O2S2. The van der Waals surface area contributed by atoms with Gasteiger partial charge in [-0.2, -0.15) is 4.52 Å². The lowest BCUT2D eigenvalue weighted by Crippen LogP contribution is -2.24. The summed E-state index contributed by atoms with van der Waals surface area (Å²) in [5, 5.41) is 7.83. The summed E-state index contributed by atoms with van der Waals surface area (Å²) in [6.45, 7) is 2.44. The van der Waals surface area contributed by atoms with E-state index in [0.717, 1.165) is 5.56 Å². The van der Waals surface area contributed by atoms with Gasteiger partial charge in [-0.3, -0.25) is 0 Å². The van der Waals surface area contributed by atoms with Crippen molar-refractivity contribution in [1.29, 1.82) is 0 Å². The Kier molecular flexibility index (Phi) is 4.28. The smallest absolute Gasteiger partial charge is 0.259 e. The molecule has 0 aliphatic rings. The zero-order chi connectivity index (χ0) is 16.4. The minimum Gasteiger partial charge on any atom is -0.356 e. The maximum Gasteiger partial charge on any atom is 0.259 e. The van der Waals surface area contributed by atoms with Gasteiger partial charge in [0.15, 0.2) is 5.03 Å². The number of aromatic nitrogens is 3. The average molecular weight is 355 g/mol. The molecule has 0 aliphatic carbocycles. The second kappa shape index (κ2) is 6.22. The summed E-state index contributed by atoms with van der Waals surface area (Å²) in [7, 11) is -3.63. The molecule has 3 rings (SSSR count). The van der Waals surface area contributed by atoms with E-state index in [-0.39, 0.29) is 17.4 Å². The zero-order valence-electron chi connectivity index (χ0n) is 12.2. The molecule has 0 unspecified atom stereocenters. The highest BCUT2D eigenvalue weighted by atomic mass is 32.2. The van der Waals surface area contributed by atoms with Crippen molar-refractivity contribution in [2.75, 3.05) is 11.9 Å². The van der Waals surface area contributed by atoms with Crippen LogP contribution in [0.2, 0.25) is 0 Å². The Morgan fingerprint density at radius 3 is 2.74 bits per heavy atom. The Balaban J connectivity index is 1.81. The van der Waals surface area contributed by atoms with Gasteiger partial charge >= 0.3 is 0 Å². The predicted molar refractivity (Wildman–Crippen MR) is 85.5 cm³/mol. The second-order valence-corrected chi connectivity index (χ2v) is 7.35. The zero-order valence-corrected chi connectivity index (χ0v) is 13.8. The largest absolute Gasteiger partial charge is 0.356 e. The maximum absolute atomic E-state index is 12.9. The van der Waals surface area contributed by atoms with Crippen LogP contribution in [0.5, 0.6) is 0 Å². The van der Waals surface area contributed by atoms with Gasteiger partial charge in [0.25, 0.3) is 10.0 Å². The first kappa shape index (κ1) is 15.8. The second-order valence-electron chi connectivity index (χ2n) is 4.68. The Hall–Kier alpha value is -2.04. The van der Waals surface area contributed by atoms with Crippen LogP contribution in [-0.2, 0) is 16.6 Å². The van der Waals surface area contributed by atoms with E-state index >= 15 is 0 Å². The van der Waals surface area contributed by atoms with E-state index in [0.29, 0.717) is 16.6 Å². The van der Waals surface area contributed by atoms with E-state index in [9.17, 15) is 12.8 Å². The number of hydrogen-bond donors (Lipinski definition) is 2. The number of nitrogens with one attached hydrogen (secondary N) is 2. The highest BCUT2D eigenvalue weighted by molar-refractivity contribution is 7.89. The number of anilines is 1. The number of fused-ring (bicyclic) bond motifs is 1. The van der Waals surface area contributed by atoms with Crippen LogP contribution in [0.4, 0.5) is 9.52 Å². The molecule has 0 atom stereocenters. The molecule has 0 radical (unpaired) electrons. The standard InChI is InChI=1S/C13H14FN5O2S2/c1-2-17-23(20,21)11-8-16-13-19(11)18-12(22-13)15-7-9-3-5-10(14)6-4-9/h3-6,8,17H,2,7H2,1H3,(H,15,18). The molecule has 0 saturated heterocycles. The van der Waals surface area contributed by atoms with E-state index in [2.05, 4.69) is 20.1 Å². The normalized spacial score (nSPS) is 11.9. The first-order chi connectivity index (χ1) is 11.0. The fourth-order valence-electron chi connectivity index (χ4n) is 1.97. The third-order valence-electron chi connectivity index (χ3n) is 3.02. The molecule has 0 fully saturated rings. The van der Waals surface area contributed by atoms with Crippen LogP contribution in [0, 0.1) is 5.82 Å². The summed E-state index contributed by atoms with van der Waals surface area (Å²) < 4.78 is 40.7. The van der Waals surface area contributed by atoms with Gasteiger partial charge in [0, 0.05) is 13.1 Å². The van der Waals surface area contributed by atoms with E-state index in [1.54, 1.807) is 19.1 Å². The highest BCUT2D eigenvalue weighted by Gasteiger charge is 2.21. The molecule has 2 N–H and O–H groups in total. The fourth-order valence-corrected chi connectivity index (χ4v) is 3.87. The SMILES string of the molecule is CCNS(=O)(=O)c1cnc2sc(NCc3ccc(F)cc3)nn12. The first-order valence-electron chi connectivity index (χ1n) is 6.82. The molecule has 7 nitrogen and oxygen atoms in total. The number of benzene rings is 1. The number of nitrogens with zero attached hydrogens (tertiary/aromatic N) is 3. The van der Waals surface area contributed by atoms with Crippen LogP contribution in [0.15, 0.2) is 35.5 Å². The van der Waals surface area contributed by atoms with Crippen molar-refractivity contribution >= 4 is 31.5 Å². The van der Waals surface area contributed by atoms with Crippen molar-refractivity contribution < 1.29 is 12.8 Å². The Morgan fingerprint density at radius 2 is 2.04 bits per heavy atom. The van der Waals surface area contributed by atoms with Crippen LogP contribution in [0.3, 0.4) is 0 Å². The third kappa shape index (κ3) is 3.33. The first-order valence-corrected chi connectivity index (χ1v) is 9.12. The summed E-state index contributed by atoms with van der Waals surface area (Å²) in [5.74, 6) is -0.292. The van der Waals surface area contributed by atoms with Crippen LogP contribution < -0.4 is 10.0 Å². The number of imidazole rings is 1. The summed E-state index contributed by atoms with van der Waals surface area (Å²) in [6.07, 6.45) is 1.28. The maximum atomic E-state index is 12.9. The summed E-state index contributed by atoms with van der Waals surface area (Å²) in [6, 6.07) is 6.10. The minimum absolute atomic E-state index is 0.000400. The molecule has 0 amide bonds. The van der Waals surface area contributed by atoms with Crippen LogP contribution in [0.1, 0.15) is 12.5 Å². The topological polar surface area (TPSA) is 88.4 Å². The monoisotopic (exact) mass is 355 g/mol. The van der Waals surface area contributed by atoms with Crippen LogP contribution in [-0.4, -0.2) is 29.6 Å². The van der Waals surface area contributed by atoms with Crippen molar-refractivity contribution in [3.8, 4) is 0 Å². The molecular weight excluding hydrogens is 341 g/mol. The van der Waals surface area contributed by atoms with Gasteiger partial charge in [-0.25, -0.2) is 22.5 Å². The van der Waals surface area contributed by atoms with E-state index < -0.39 is 10.0 Å². The van der Waals surface area contributed by atoms with Crippen LogP contribution in [0.25, 0.3) is 4.96 Å². The van der Waals surface area contributed by atoms with Crippen molar-refractivity contribution in [2.24, 2.45) is 0 Å². The van der Waals surface area contributed by atoms with Gasteiger partial charge in [0.05, 0.1) is 6.20 Å².